The van der Waals surface area contributed by atoms with E-state index in [1.807, 2.05) is 20.8 Å². The number of hydrogen-bond donors (Lipinski definition) is 1. The monoisotopic (exact) mass is 242 g/mol. The van der Waals surface area contributed by atoms with Crippen LogP contribution in [0.2, 0.25) is 5.15 Å². The number of nitrogens with zero attached hydrogens (tertiary/aromatic N) is 2. The molecule has 1 heterocycles. The first kappa shape index (κ1) is 12.9. The second-order valence-electron chi connectivity index (χ2n) is 3.97. The molecule has 1 rings (SSSR count). The van der Waals surface area contributed by atoms with Gasteiger partial charge in [0, 0.05) is 11.5 Å². The van der Waals surface area contributed by atoms with Crippen molar-refractivity contribution in [2.45, 2.75) is 39.0 Å². The van der Waals surface area contributed by atoms with Crippen molar-refractivity contribution in [3.63, 3.8) is 0 Å². The molecule has 16 heavy (non-hydrogen) atoms. The fourth-order valence-corrected chi connectivity index (χ4v) is 1.55. The fraction of sp³-hybridized carbons (Fsp3) is 0.545. The van der Waals surface area contributed by atoms with E-state index >= 15 is 0 Å². The van der Waals surface area contributed by atoms with Gasteiger partial charge in [-0.2, -0.15) is 0 Å². The molecule has 88 valence electrons. The smallest absolute Gasteiger partial charge is 0.354 e. The summed E-state index contributed by atoms with van der Waals surface area (Å²) < 4.78 is 0. The van der Waals surface area contributed by atoms with Gasteiger partial charge < -0.3 is 5.11 Å². The zero-order valence-electron chi connectivity index (χ0n) is 9.62. The van der Waals surface area contributed by atoms with Crippen molar-refractivity contribution in [2.75, 3.05) is 0 Å². The molecule has 0 radical (unpaired) electrons. The van der Waals surface area contributed by atoms with Crippen molar-refractivity contribution < 1.29 is 9.90 Å². The third kappa shape index (κ3) is 2.50. The van der Waals surface area contributed by atoms with Crippen LogP contribution in [0, 0.1) is 0 Å². The Labute approximate surface area is 99.7 Å². The molecule has 0 aliphatic carbocycles. The van der Waals surface area contributed by atoms with E-state index < -0.39 is 5.97 Å². The first-order valence-electron chi connectivity index (χ1n) is 5.21. The lowest BCUT2D eigenvalue weighted by Gasteiger charge is -2.24. The molecule has 0 fully saturated rings. The molecule has 0 atom stereocenters. The Morgan fingerprint density at radius 2 is 2.00 bits per heavy atom. The van der Waals surface area contributed by atoms with Crippen molar-refractivity contribution in [1.82, 2.24) is 9.97 Å². The topological polar surface area (TPSA) is 63.1 Å². The lowest BCUT2D eigenvalue weighted by molar-refractivity contribution is 0.0689. The summed E-state index contributed by atoms with van der Waals surface area (Å²) in [6.45, 7) is 6.05. The number of halogens is 1. The Hall–Kier alpha value is -1.16. The van der Waals surface area contributed by atoms with Crippen LogP contribution >= 0.6 is 11.6 Å². The SMILES string of the molecule is CCC(C)(CC)c1nc(Cl)cc(C(=O)O)n1. The van der Waals surface area contributed by atoms with Gasteiger partial charge in [0.1, 0.15) is 11.0 Å². The Morgan fingerprint density at radius 1 is 1.44 bits per heavy atom. The molecule has 0 saturated carbocycles. The van der Waals surface area contributed by atoms with Crippen molar-refractivity contribution >= 4 is 17.6 Å². The minimum atomic E-state index is -1.08. The van der Waals surface area contributed by atoms with Crippen molar-refractivity contribution in [2.24, 2.45) is 0 Å². The Morgan fingerprint density at radius 3 is 2.44 bits per heavy atom. The molecule has 0 aliphatic rings. The van der Waals surface area contributed by atoms with E-state index in [9.17, 15) is 4.79 Å². The predicted molar refractivity (Wildman–Crippen MR) is 61.9 cm³/mol. The summed E-state index contributed by atoms with van der Waals surface area (Å²) in [6.07, 6.45) is 1.67. The van der Waals surface area contributed by atoms with Gasteiger partial charge in [0.25, 0.3) is 0 Å². The van der Waals surface area contributed by atoms with Gasteiger partial charge in [0.2, 0.25) is 0 Å². The molecule has 4 nitrogen and oxygen atoms in total. The maximum atomic E-state index is 10.9. The summed E-state index contributed by atoms with van der Waals surface area (Å²) in [6, 6.07) is 1.26. The number of hydrogen-bond acceptors (Lipinski definition) is 3. The molecule has 0 bridgehead atoms. The normalized spacial score (nSPS) is 11.5. The average molecular weight is 243 g/mol. The van der Waals surface area contributed by atoms with Crippen LogP contribution in [0.3, 0.4) is 0 Å². The van der Waals surface area contributed by atoms with Gasteiger partial charge in [0.05, 0.1) is 0 Å². The van der Waals surface area contributed by atoms with Crippen LogP contribution in [0.1, 0.15) is 49.9 Å². The van der Waals surface area contributed by atoms with Crippen molar-refractivity contribution in [3.8, 4) is 0 Å². The van der Waals surface area contributed by atoms with Crippen LogP contribution in [0.4, 0.5) is 0 Å². The van der Waals surface area contributed by atoms with E-state index in [0.717, 1.165) is 12.8 Å². The van der Waals surface area contributed by atoms with E-state index in [-0.39, 0.29) is 16.3 Å². The maximum absolute atomic E-state index is 10.9. The minimum absolute atomic E-state index is 0.0527. The lowest BCUT2D eigenvalue weighted by atomic mass is 9.84. The molecular formula is C11H15ClN2O2. The zero-order chi connectivity index (χ0) is 12.3. The quantitative estimate of drug-likeness (QED) is 0.825. The summed E-state index contributed by atoms with van der Waals surface area (Å²) in [7, 11) is 0. The lowest BCUT2D eigenvalue weighted by Crippen LogP contribution is -2.24. The van der Waals surface area contributed by atoms with Gasteiger partial charge in [-0.1, -0.05) is 32.4 Å². The Kier molecular flexibility index (Phi) is 3.86. The van der Waals surface area contributed by atoms with E-state index in [2.05, 4.69) is 9.97 Å². The van der Waals surface area contributed by atoms with E-state index in [4.69, 9.17) is 16.7 Å². The van der Waals surface area contributed by atoms with Gasteiger partial charge in [-0.3, -0.25) is 0 Å². The van der Waals surface area contributed by atoms with E-state index in [1.54, 1.807) is 0 Å². The number of aromatic nitrogens is 2. The summed E-state index contributed by atoms with van der Waals surface area (Å²) in [5.74, 6) is -0.581. The molecule has 0 unspecified atom stereocenters. The standard InChI is InChI=1S/C11H15ClN2O2/c1-4-11(3,5-2)10-13-7(9(15)16)6-8(12)14-10/h6H,4-5H2,1-3H3,(H,15,16). The largest absolute Gasteiger partial charge is 0.477 e. The van der Waals surface area contributed by atoms with Crippen LogP contribution in [-0.4, -0.2) is 21.0 Å². The molecule has 1 aromatic rings. The molecular weight excluding hydrogens is 228 g/mol. The molecule has 0 aromatic carbocycles. The highest BCUT2D eigenvalue weighted by molar-refractivity contribution is 6.29. The van der Waals surface area contributed by atoms with Gasteiger partial charge in [-0.05, 0) is 12.8 Å². The Balaban J connectivity index is 3.28. The summed E-state index contributed by atoms with van der Waals surface area (Å²) in [5, 5.41) is 9.07. The highest BCUT2D eigenvalue weighted by atomic mass is 35.5. The van der Waals surface area contributed by atoms with Crippen molar-refractivity contribution in [1.29, 1.82) is 0 Å². The second kappa shape index (κ2) is 4.78. The van der Waals surface area contributed by atoms with Gasteiger partial charge in [0.15, 0.2) is 5.69 Å². The van der Waals surface area contributed by atoms with Gasteiger partial charge in [-0.25, -0.2) is 14.8 Å². The number of carboxylic acid groups (broad SMARTS) is 1. The average Bonchev–Trinajstić information content (AvgIpc) is 2.27. The second-order valence-corrected chi connectivity index (χ2v) is 4.36. The summed E-state index contributed by atoms with van der Waals surface area (Å²) in [5.41, 5.74) is -0.280. The number of carboxylic acids is 1. The highest BCUT2D eigenvalue weighted by Crippen LogP contribution is 2.29. The number of carbonyl (C=O) groups is 1. The summed E-state index contributed by atoms with van der Waals surface area (Å²) in [4.78, 5) is 19.0. The molecule has 0 saturated heterocycles. The van der Waals surface area contributed by atoms with Crippen LogP contribution in [0.15, 0.2) is 6.07 Å². The van der Waals surface area contributed by atoms with Crippen LogP contribution in [0.25, 0.3) is 0 Å². The van der Waals surface area contributed by atoms with Crippen LogP contribution < -0.4 is 0 Å². The number of rotatable bonds is 4. The van der Waals surface area contributed by atoms with E-state index in [1.165, 1.54) is 6.07 Å². The predicted octanol–water partition coefficient (Wildman–Crippen LogP) is 2.91. The molecule has 5 heteroatoms. The molecule has 0 amide bonds. The van der Waals surface area contributed by atoms with Gasteiger partial charge in [-0.15, -0.1) is 0 Å². The molecule has 0 spiro atoms. The maximum Gasteiger partial charge on any atom is 0.354 e. The highest BCUT2D eigenvalue weighted by Gasteiger charge is 2.27. The van der Waals surface area contributed by atoms with Crippen LogP contribution in [0.5, 0.6) is 0 Å². The fourth-order valence-electron chi connectivity index (χ4n) is 1.36. The Bertz CT molecular complexity index is 403. The molecule has 1 aromatic heterocycles. The van der Waals surface area contributed by atoms with Crippen molar-refractivity contribution in [3.05, 3.63) is 22.7 Å². The molecule has 0 aliphatic heterocycles. The minimum Gasteiger partial charge on any atom is -0.477 e. The van der Waals surface area contributed by atoms with E-state index in [0.29, 0.717) is 5.82 Å². The first-order valence-corrected chi connectivity index (χ1v) is 5.59. The third-order valence-corrected chi connectivity index (χ3v) is 3.21. The summed E-state index contributed by atoms with van der Waals surface area (Å²) >= 11 is 5.80. The van der Waals surface area contributed by atoms with Crippen LogP contribution in [-0.2, 0) is 5.41 Å². The number of aromatic carboxylic acids is 1. The van der Waals surface area contributed by atoms with Gasteiger partial charge >= 0.3 is 5.97 Å². The molecule has 1 N–H and O–H groups in total. The third-order valence-electron chi connectivity index (χ3n) is 3.01. The zero-order valence-corrected chi connectivity index (χ0v) is 10.4. The first-order chi connectivity index (χ1) is 7.42.